The average molecular weight is 240 g/mol. The Balaban J connectivity index is 2.04. The van der Waals surface area contributed by atoms with Crippen LogP contribution in [-0.2, 0) is 4.79 Å². The average Bonchev–Trinajstić information content (AvgIpc) is 2.39. The van der Waals surface area contributed by atoms with Crippen LogP contribution < -0.4 is 0 Å². The minimum atomic E-state index is -0.595. The zero-order valence-corrected chi connectivity index (χ0v) is 10.8. The number of carboxylic acids is 1. The van der Waals surface area contributed by atoms with Crippen LogP contribution in [0.3, 0.4) is 0 Å². The fourth-order valence-electron chi connectivity index (χ4n) is 3.29. The Hall–Kier alpha value is -0.610. The van der Waals surface area contributed by atoms with Crippen LogP contribution in [0.5, 0.6) is 0 Å². The van der Waals surface area contributed by atoms with Crippen LogP contribution in [0.1, 0.15) is 39.0 Å². The second kappa shape index (κ2) is 5.36. The first-order valence-corrected chi connectivity index (χ1v) is 6.90. The summed E-state index contributed by atoms with van der Waals surface area (Å²) in [7, 11) is 0. The van der Waals surface area contributed by atoms with Gasteiger partial charge in [-0.1, -0.05) is 26.2 Å². The number of aliphatic carboxylic acids is 1. The summed E-state index contributed by atoms with van der Waals surface area (Å²) in [4.78, 5) is 16.3. The Morgan fingerprint density at radius 3 is 2.18 bits per heavy atom. The van der Waals surface area contributed by atoms with Crippen molar-refractivity contribution < 1.29 is 9.90 Å². The minimum absolute atomic E-state index is 0.544. The van der Waals surface area contributed by atoms with Crippen molar-refractivity contribution in [3.05, 3.63) is 0 Å². The number of hydrogen-bond acceptors (Lipinski definition) is 3. The molecule has 0 radical (unpaired) electrons. The number of nitrogens with zero attached hydrogens (tertiary/aromatic N) is 2. The van der Waals surface area contributed by atoms with E-state index in [0.717, 1.165) is 58.4 Å². The predicted octanol–water partition coefficient (Wildman–Crippen LogP) is 1.41. The van der Waals surface area contributed by atoms with Gasteiger partial charge in [0, 0.05) is 26.2 Å². The highest BCUT2D eigenvalue weighted by Crippen LogP contribution is 2.34. The monoisotopic (exact) mass is 240 g/mol. The van der Waals surface area contributed by atoms with Crippen molar-refractivity contribution in [2.45, 2.75) is 44.6 Å². The molecule has 1 saturated carbocycles. The minimum Gasteiger partial charge on any atom is -0.480 e. The van der Waals surface area contributed by atoms with Crippen LogP contribution >= 0.6 is 0 Å². The molecule has 0 aromatic rings. The fraction of sp³-hybridized carbons (Fsp3) is 0.923. The van der Waals surface area contributed by atoms with Gasteiger partial charge < -0.3 is 10.0 Å². The van der Waals surface area contributed by atoms with Gasteiger partial charge in [-0.05, 0) is 19.4 Å². The Morgan fingerprint density at radius 1 is 1.12 bits per heavy atom. The van der Waals surface area contributed by atoms with Crippen molar-refractivity contribution in [2.24, 2.45) is 0 Å². The number of rotatable bonds is 3. The van der Waals surface area contributed by atoms with Crippen LogP contribution in [0, 0.1) is 0 Å². The van der Waals surface area contributed by atoms with E-state index in [0.29, 0.717) is 0 Å². The summed E-state index contributed by atoms with van der Waals surface area (Å²) in [6.07, 6.45) is 5.02. The third-order valence-electron chi connectivity index (χ3n) is 4.50. The molecular formula is C13H24N2O2. The molecule has 0 spiro atoms. The number of carboxylic acid groups (broad SMARTS) is 1. The number of piperazine rings is 1. The predicted molar refractivity (Wildman–Crippen MR) is 67.1 cm³/mol. The van der Waals surface area contributed by atoms with E-state index in [2.05, 4.69) is 16.7 Å². The first kappa shape index (κ1) is 12.8. The van der Waals surface area contributed by atoms with Gasteiger partial charge >= 0.3 is 5.97 Å². The molecule has 17 heavy (non-hydrogen) atoms. The molecule has 1 saturated heterocycles. The summed E-state index contributed by atoms with van der Waals surface area (Å²) in [5.74, 6) is -0.595. The molecule has 1 aliphatic heterocycles. The lowest BCUT2D eigenvalue weighted by molar-refractivity contribution is -0.156. The second-order valence-electron chi connectivity index (χ2n) is 5.32. The summed E-state index contributed by atoms with van der Waals surface area (Å²) >= 11 is 0. The molecule has 98 valence electrons. The summed E-state index contributed by atoms with van der Waals surface area (Å²) in [5, 5.41) is 9.61. The number of hydrogen-bond donors (Lipinski definition) is 1. The molecule has 4 heteroatoms. The van der Waals surface area contributed by atoms with Gasteiger partial charge in [0.25, 0.3) is 0 Å². The highest BCUT2D eigenvalue weighted by molar-refractivity contribution is 5.79. The van der Waals surface area contributed by atoms with Crippen molar-refractivity contribution in [2.75, 3.05) is 32.7 Å². The molecule has 1 N–H and O–H groups in total. The molecule has 0 aromatic heterocycles. The summed E-state index contributed by atoms with van der Waals surface area (Å²) < 4.78 is 0. The largest absolute Gasteiger partial charge is 0.480 e. The second-order valence-corrected chi connectivity index (χ2v) is 5.32. The normalized spacial score (nSPS) is 26.9. The Labute approximate surface area is 104 Å². The van der Waals surface area contributed by atoms with Gasteiger partial charge in [0.1, 0.15) is 5.54 Å². The molecule has 0 bridgehead atoms. The maximum absolute atomic E-state index is 11.7. The van der Waals surface area contributed by atoms with Crippen molar-refractivity contribution in [1.82, 2.24) is 9.80 Å². The number of likely N-dealkylation sites (N-methyl/N-ethyl adjacent to an activating group) is 1. The highest BCUT2D eigenvalue weighted by Gasteiger charge is 2.45. The lowest BCUT2D eigenvalue weighted by atomic mass is 9.80. The third kappa shape index (κ3) is 2.47. The Bertz CT molecular complexity index is 267. The van der Waals surface area contributed by atoms with Crippen LogP contribution in [0.4, 0.5) is 0 Å². The number of carbonyl (C=O) groups is 1. The molecule has 4 nitrogen and oxygen atoms in total. The van der Waals surface area contributed by atoms with Crippen molar-refractivity contribution in [3.8, 4) is 0 Å². The van der Waals surface area contributed by atoms with Gasteiger partial charge in [-0.25, -0.2) is 0 Å². The maximum Gasteiger partial charge on any atom is 0.324 e. The van der Waals surface area contributed by atoms with E-state index in [-0.39, 0.29) is 0 Å². The zero-order valence-electron chi connectivity index (χ0n) is 10.8. The van der Waals surface area contributed by atoms with E-state index in [9.17, 15) is 9.90 Å². The van der Waals surface area contributed by atoms with E-state index in [1.165, 1.54) is 6.42 Å². The zero-order chi connectivity index (χ0) is 12.3. The summed E-state index contributed by atoms with van der Waals surface area (Å²) in [6.45, 7) is 7.12. The van der Waals surface area contributed by atoms with E-state index < -0.39 is 11.5 Å². The van der Waals surface area contributed by atoms with Crippen LogP contribution in [-0.4, -0.2) is 59.1 Å². The molecule has 0 aromatic carbocycles. The van der Waals surface area contributed by atoms with E-state index in [1.54, 1.807) is 0 Å². The van der Waals surface area contributed by atoms with Crippen LogP contribution in [0.2, 0.25) is 0 Å². The summed E-state index contributed by atoms with van der Waals surface area (Å²) in [5.41, 5.74) is -0.544. The van der Waals surface area contributed by atoms with Crippen molar-refractivity contribution in [1.29, 1.82) is 0 Å². The molecule has 0 atom stereocenters. The topological polar surface area (TPSA) is 43.8 Å². The maximum atomic E-state index is 11.7. The fourth-order valence-corrected chi connectivity index (χ4v) is 3.29. The standard InChI is InChI=1S/C13H24N2O2/c1-2-14-8-10-15(11-9-14)13(12(16)17)6-4-3-5-7-13/h2-11H2,1H3,(H,16,17). The molecular weight excluding hydrogens is 216 g/mol. The Morgan fingerprint density at radius 2 is 1.71 bits per heavy atom. The first-order chi connectivity index (χ1) is 8.19. The molecule has 2 fully saturated rings. The van der Waals surface area contributed by atoms with Gasteiger partial charge in [0.2, 0.25) is 0 Å². The molecule has 1 aliphatic carbocycles. The summed E-state index contributed by atoms with van der Waals surface area (Å²) in [6, 6.07) is 0. The quantitative estimate of drug-likeness (QED) is 0.810. The molecule has 2 aliphatic rings. The van der Waals surface area contributed by atoms with Gasteiger partial charge in [0.15, 0.2) is 0 Å². The molecule has 1 heterocycles. The van der Waals surface area contributed by atoms with Gasteiger partial charge in [-0.3, -0.25) is 9.69 Å². The van der Waals surface area contributed by atoms with E-state index in [4.69, 9.17) is 0 Å². The van der Waals surface area contributed by atoms with Gasteiger partial charge in [-0.2, -0.15) is 0 Å². The van der Waals surface area contributed by atoms with Crippen molar-refractivity contribution >= 4 is 5.97 Å². The highest BCUT2D eigenvalue weighted by atomic mass is 16.4. The van der Waals surface area contributed by atoms with Gasteiger partial charge in [0.05, 0.1) is 0 Å². The lowest BCUT2D eigenvalue weighted by Crippen LogP contribution is -2.61. The Kier molecular flexibility index (Phi) is 4.05. The van der Waals surface area contributed by atoms with E-state index >= 15 is 0 Å². The first-order valence-electron chi connectivity index (χ1n) is 6.90. The van der Waals surface area contributed by atoms with Crippen molar-refractivity contribution in [3.63, 3.8) is 0 Å². The van der Waals surface area contributed by atoms with E-state index in [1.807, 2.05) is 0 Å². The van der Waals surface area contributed by atoms with Crippen LogP contribution in [0.25, 0.3) is 0 Å². The molecule has 0 amide bonds. The van der Waals surface area contributed by atoms with Crippen LogP contribution in [0.15, 0.2) is 0 Å². The third-order valence-corrected chi connectivity index (χ3v) is 4.50. The lowest BCUT2D eigenvalue weighted by Gasteiger charge is -2.46. The molecule has 0 unspecified atom stereocenters. The molecule has 2 rings (SSSR count). The SMILES string of the molecule is CCN1CCN(C2(C(=O)O)CCCCC2)CC1. The smallest absolute Gasteiger partial charge is 0.324 e. The van der Waals surface area contributed by atoms with Gasteiger partial charge in [-0.15, -0.1) is 0 Å².